The van der Waals surface area contributed by atoms with Crippen LogP contribution in [0.1, 0.15) is 18.0 Å². The van der Waals surface area contributed by atoms with E-state index in [1.807, 2.05) is 36.2 Å². The Hall–Kier alpha value is -0.430. The maximum Gasteiger partial charge on any atom is 0.148 e. The van der Waals surface area contributed by atoms with Crippen LogP contribution in [0.3, 0.4) is 0 Å². The molecule has 0 heterocycles. The number of nitrogens with two attached hydrogens (primary N) is 1. The van der Waals surface area contributed by atoms with Gasteiger partial charge in [-0.05, 0) is 37.7 Å². The molecule has 1 rings (SSSR count). The van der Waals surface area contributed by atoms with Crippen LogP contribution in [-0.4, -0.2) is 45.5 Å². The van der Waals surface area contributed by atoms with Gasteiger partial charge in [-0.25, -0.2) is 8.42 Å². The van der Waals surface area contributed by atoms with Crippen molar-refractivity contribution in [3.8, 4) is 0 Å². The monoisotopic (exact) mass is 348 g/mol. The van der Waals surface area contributed by atoms with E-state index in [1.165, 1.54) is 6.26 Å². The highest BCUT2D eigenvalue weighted by molar-refractivity contribution is 9.10. The maximum absolute atomic E-state index is 11.1. The van der Waals surface area contributed by atoms with Crippen molar-refractivity contribution in [2.75, 3.05) is 32.1 Å². The van der Waals surface area contributed by atoms with Gasteiger partial charge >= 0.3 is 0 Å². The number of hydrogen-bond acceptors (Lipinski definition) is 4. The highest BCUT2D eigenvalue weighted by atomic mass is 79.9. The van der Waals surface area contributed by atoms with Crippen LogP contribution in [0.4, 0.5) is 0 Å². The zero-order valence-electron chi connectivity index (χ0n) is 11.3. The third kappa shape index (κ3) is 7.06. The van der Waals surface area contributed by atoms with Crippen LogP contribution >= 0.6 is 15.9 Å². The number of rotatable bonds is 7. The van der Waals surface area contributed by atoms with Gasteiger partial charge < -0.3 is 10.6 Å². The van der Waals surface area contributed by atoms with Crippen LogP contribution in [0, 0.1) is 0 Å². The Morgan fingerprint density at radius 3 is 2.37 bits per heavy atom. The van der Waals surface area contributed by atoms with E-state index in [1.54, 1.807) is 0 Å². The number of halogens is 1. The Morgan fingerprint density at radius 2 is 1.84 bits per heavy atom. The first kappa shape index (κ1) is 16.6. The molecule has 4 nitrogen and oxygen atoms in total. The van der Waals surface area contributed by atoms with Crippen molar-refractivity contribution in [1.82, 2.24) is 4.90 Å². The summed E-state index contributed by atoms with van der Waals surface area (Å²) in [6.45, 7) is 1.33. The van der Waals surface area contributed by atoms with Gasteiger partial charge in [0.15, 0.2) is 0 Å². The quantitative estimate of drug-likeness (QED) is 0.816. The van der Waals surface area contributed by atoms with Gasteiger partial charge in [0.2, 0.25) is 0 Å². The molecule has 0 aliphatic heterocycles. The number of hydrogen-bond donors (Lipinski definition) is 1. The molecule has 0 aromatic heterocycles. The lowest BCUT2D eigenvalue weighted by molar-refractivity contribution is 0.335. The summed E-state index contributed by atoms with van der Waals surface area (Å²) in [5.41, 5.74) is 7.21. The summed E-state index contributed by atoms with van der Waals surface area (Å²) < 4.78 is 23.2. The fraction of sp³-hybridized carbons (Fsp3) is 0.538. The van der Waals surface area contributed by atoms with Crippen molar-refractivity contribution in [2.45, 2.75) is 12.5 Å². The summed E-state index contributed by atoms with van der Waals surface area (Å²) in [5, 5.41) is 0. The van der Waals surface area contributed by atoms with Gasteiger partial charge in [-0.15, -0.1) is 0 Å². The first-order chi connectivity index (χ1) is 8.78. The van der Waals surface area contributed by atoms with E-state index in [0.29, 0.717) is 6.54 Å². The van der Waals surface area contributed by atoms with Crippen LogP contribution < -0.4 is 5.73 Å². The zero-order valence-corrected chi connectivity index (χ0v) is 13.7. The minimum atomic E-state index is -2.89. The molecule has 1 aromatic rings. The van der Waals surface area contributed by atoms with Crippen molar-refractivity contribution >= 4 is 25.8 Å². The van der Waals surface area contributed by atoms with Crippen LogP contribution in [0.2, 0.25) is 0 Å². The fourth-order valence-electron chi connectivity index (χ4n) is 1.67. The Bertz CT molecular complexity index is 488. The normalized spacial score (nSPS) is 13.7. The van der Waals surface area contributed by atoms with Crippen molar-refractivity contribution < 1.29 is 8.42 Å². The molecule has 6 heteroatoms. The van der Waals surface area contributed by atoms with E-state index in [0.717, 1.165) is 23.0 Å². The van der Waals surface area contributed by atoms with E-state index in [2.05, 4.69) is 15.9 Å². The molecule has 1 unspecified atom stereocenters. The predicted molar refractivity (Wildman–Crippen MR) is 82.9 cm³/mol. The summed E-state index contributed by atoms with van der Waals surface area (Å²) in [5.74, 6) is 0.191. The van der Waals surface area contributed by atoms with Gasteiger partial charge in [-0.3, -0.25) is 0 Å². The molecule has 2 N–H and O–H groups in total. The first-order valence-electron chi connectivity index (χ1n) is 6.15. The zero-order chi connectivity index (χ0) is 14.5. The molecule has 1 aromatic carbocycles. The largest absolute Gasteiger partial charge is 0.324 e. The average molecular weight is 349 g/mol. The molecule has 0 aliphatic rings. The number of sulfone groups is 1. The molecule has 0 radical (unpaired) electrons. The second-order valence-corrected chi connectivity index (χ2v) is 8.06. The van der Waals surface area contributed by atoms with E-state index in [-0.39, 0.29) is 11.8 Å². The summed E-state index contributed by atoms with van der Waals surface area (Å²) in [7, 11) is -0.977. The number of benzene rings is 1. The molecule has 0 aliphatic carbocycles. The smallest absolute Gasteiger partial charge is 0.148 e. The lowest BCUT2D eigenvalue weighted by Gasteiger charge is -2.19. The minimum Gasteiger partial charge on any atom is -0.324 e. The Kier molecular flexibility index (Phi) is 6.46. The first-order valence-corrected chi connectivity index (χ1v) is 9.00. The average Bonchev–Trinajstić information content (AvgIpc) is 2.33. The van der Waals surface area contributed by atoms with Crippen LogP contribution in [0.25, 0.3) is 0 Å². The van der Waals surface area contributed by atoms with Crippen molar-refractivity contribution in [3.05, 3.63) is 34.3 Å². The molecular formula is C13H21BrN2O2S. The lowest BCUT2D eigenvalue weighted by atomic mass is 10.0. The molecule has 0 spiro atoms. The maximum atomic E-state index is 11.1. The van der Waals surface area contributed by atoms with Gasteiger partial charge in [0.1, 0.15) is 9.84 Å². The fourth-order valence-corrected chi connectivity index (χ4v) is 2.58. The minimum absolute atomic E-state index is 0.0196. The van der Waals surface area contributed by atoms with Gasteiger partial charge in [-0.2, -0.15) is 0 Å². The molecular weight excluding hydrogens is 328 g/mol. The molecule has 0 bridgehead atoms. The van der Waals surface area contributed by atoms with Crippen molar-refractivity contribution in [1.29, 1.82) is 0 Å². The van der Waals surface area contributed by atoms with Crippen LogP contribution in [0.15, 0.2) is 28.7 Å². The summed E-state index contributed by atoms with van der Waals surface area (Å²) >= 11 is 3.39. The van der Waals surface area contributed by atoms with E-state index < -0.39 is 9.84 Å². The second kappa shape index (κ2) is 7.38. The molecule has 0 saturated heterocycles. The summed E-state index contributed by atoms with van der Waals surface area (Å²) in [6, 6.07) is 7.94. The summed E-state index contributed by atoms with van der Waals surface area (Å²) in [6.07, 6.45) is 2.07. The lowest BCUT2D eigenvalue weighted by Crippen LogP contribution is -2.28. The van der Waals surface area contributed by atoms with Gasteiger partial charge in [0.05, 0.1) is 5.75 Å². The third-order valence-electron chi connectivity index (χ3n) is 2.96. The standard InChI is InChI=1S/C13H21BrN2O2S/c1-16(9-10-19(2,17)18)8-7-13(15)11-3-5-12(14)6-4-11/h3-6,13H,7-10,15H2,1-2H3. The molecule has 108 valence electrons. The number of nitrogens with zero attached hydrogens (tertiary/aromatic N) is 1. The van der Waals surface area contributed by atoms with E-state index in [9.17, 15) is 8.42 Å². The van der Waals surface area contributed by atoms with E-state index >= 15 is 0 Å². The molecule has 1 atom stereocenters. The Morgan fingerprint density at radius 1 is 1.26 bits per heavy atom. The van der Waals surface area contributed by atoms with Crippen LogP contribution in [0.5, 0.6) is 0 Å². The van der Waals surface area contributed by atoms with Gasteiger partial charge in [0, 0.05) is 23.3 Å². The molecule has 0 saturated carbocycles. The Labute approximate surface area is 124 Å². The highest BCUT2D eigenvalue weighted by Gasteiger charge is 2.09. The van der Waals surface area contributed by atoms with Gasteiger partial charge in [0.25, 0.3) is 0 Å². The van der Waals surface area contributed by atoms with Gasteiger partial charge in [-0.1, -0.05) is 28.1 Å². The SMILES string of the molecule is CN(CCC(N)c1ccc(Br)cc1)CCS(C)(=O)=O. The predicted octanol–water partition coefficient (Wildman–Crippen LogP) is 1.82. The van der Waals surface area contributed by atoms with Crippen molar-refractivity contribution in [2.24, 2.45) is 5.73 Å². The Balaban J connectivity index is 2.37. The van der Waals surface area contributed by atoms with Crippen molar-refractivity contribution in [3.63, 3.8) is 0 Å². The van der Waals surface area contributed by atoms with E-state index in [4.69, 9.17) is 5.73 Å². The molecule has 0 fully saturated rings. The second-order valence-electron chi connectivity index (χ2n) is 4.88. The van der Waals surface area contributed by atoms with Crippen LogP contribution in [-0.2, 0) is 9.84 Å². The molecule has 19 heavy (non-hydrogen) atoms. The summed E-state index contributed by atoms with van der Waals surface area (Å²) in [4.78, 5) is 2.00. The molecule has 0 amide bonds. The third-order valence-corrected chi connectivity index (χ3v) is 4.42. The highest BCUT2D eigenvalue weighted by Crippen LogP contribution is 2.17. The topological polar surface area (TPSA) is 63.4 Å².